The number of sulfone groups is 1. The third-order valence-corrected chi connectivity index (χ3v) is 6.93. The van der Waals surface area contributed by atoms with Crippen LogP contribution in [0.5, 0.6) is 17.2 Å². The van der Waals surface area contributed by atoms with Gasteiger partial charge >= 0.3 is 5.69 Å². The van der Waals surface area contributed by atoms with Gasteiger partial charge in [-0.3, -0.25) is 14.9 Å². The first-order valence-electron chi connectivity index (χ1n) is 9.81. The van der Waals surface area contributed by atoms with Gasteiger partial charge in [-0.15, -0.1) is 0 Å². The third kappa shape index (κ3) is 5.47. The van der Waals surface area contributed by atoms with Gasteiger partial charge in [0.25, 0.3) is 5.91 Å². The number of hydrogen-bond donors (Lipinski definition) is 0. The second-order valence-corrected chi connectivity index (χ2v) is 9.51. The number of carbonyl (C=O) groups is 1. The van der Waals surface area contributed by atoms with E-state index >= 15 is 0 Å². The molecule has 0 N–H and O–H groups in total. The molecule has 0 saturated carbocycles. The molecule has 1 unspecified atom stereocenters. The summed E-state index contributed by atoms with van der Waals surface area (Å²) >= 11 is 0. The van der Waals surface area contributed by atoms with Gasteiger partial charge in [-0.05, 0) is 30.2 Å². The molecule has 2 aromatic rings. The Bertz CT molecular complexity index is 1100. The third-order valence-electron chi connectivity index (χ3n) is 5.18. The summed E-state index contributed by atoms with van der Waals surface area (Å²) < 4.78 is 40.0. The van der Waals surface area contributed by atoms with Crippen LogP contribution >= 0.6 is 0 Å². The molecule has 1 aliphatic heterocycles. The maximum atomic E-state index is 13.1. The fourth-order valence-corrected chi connectivity index (χ4v) is 5.30. The predicted octanol–water partition coefficient (Wildman–Crippen LogP) is 2.21. The average molecular weight is 464 g/mol. The standard InChI is InChI=1S/C21H24N2O8S/c1-29-19-8-7-15(11-20(19)30-2)12-22(16-9-10-32(27,28)14-16)21(24)13-31-18-6-4-3-5-17(18)23(25)26/h3-8,11,16H,9-10,12-14H2,1-2H3. The van der Waals surface area contributed by atoms with Crippen LogP contribution in [0.2, 0.25) is 0 Å². The van der Waals surface area contributed by atoms with E-state index in [2.05, 4.69) is 0 Å². The molecule has 3 rings (SSSR count). The first-order chi connectivity index (χ1) is 15.2. The summed E-state index contributed by atoms with van der Waals surface area (Å²) in [5, 5.41) is 11.2. The van der Waals surface area contributed by atoms with Crippen molar-refractivity contribution < 1.29 is 32.3 Å². The number of ether oxygens (including phenoxy) is 3. The molecule has 1 atom stereocenters. The van der Waals surface area contributed by atoms with Crippen molar-refractivity contribution in [1.82, 2.24) is 4.90 Å². The molecular formula is C21H24N2O8S. The molecule has 1 amide bonds. The summed E-state index contributed by atoms with van der Waals surface area (Å²) in [4.78, 5) is 25.1. The lowest BCUT2D eigenvalue weighted by atomic mass is 10.1. The topological polar surface area (TPSA) is 125 Å². The minimum atomic E-state index is -3.24. The molecule has 0 spiro atoms. The van der Waals surface area contributed by atoms with E-state index in [0.717, 1.165) is 0 Å². The number of methoxy groups -OCH3 is 2. The molecule has 1 aliphatic rings. The van der Waals surface area contributed by atoms with Crippen LogP contribution < -0.4 is 14.2 Å². The van der Waals surface area contributed by atoms with Gasteiger partial charge in [-0.1, -0.05) is 18.2 Å². The van der Waals surface area contributed by atoms with Crippen molar-refractivity contribution in [3.05, 3.63) is 58.1 Å². The van der Waals surface area contributed by atoms with Crippen LogP contribution in [0.4, 0.5) is 5.69 Å². The number of carbonyl (C=O) groups excluding carboxylic acids is 1. The molecule has 0 aliphatic carbocycles. The van der Waals surface area contributed by atoms with E-state index in [1.165, 1.54) is 37.3 Å². The van der Waals surface area contributed by atoms with Gasteiger partial charge in [0.15, 0.2) is 33.7 Å². The minimum absolute atomic E-state index is 0.00159. The zero-order valence-corrected chi connectivity index (χ0v) is 18.5. The number of para-hydroxylation sites is 2. The highest BCUT2D eigenvalue weighted by Crippen LogP contribution is 2.30. The maximum absolute atomic E-state index is 13.1. The van der Waals surface area contributed by atoms with Crippen molar-refractivity contribution in [2.75, 3.05) is 32.3 Å². The Hall–Kier alpha value is -3.34. The van der Waals surface area contributed by atoms with E-state index in [0.29, 0.717) is 23.5 Å². The van der Waals surface area contributed by atoms with Crippen molar-refractivity contribution in [1.29, 1.82) is 0 Å². The van der Waals surface area contributed by atoms with Crippen LogP contribution in [-0.2, 0) is 21.2 Å². The zero-order valence-electron chi connectivity index (χ0n) is 17.7. The predicted molar refractivity (Wildman–Crippen MR) is 116 cm³/mol. The monoisotopic (exact) mass is 464 g/mol. The Morgan fingerprint density at radius 3 is 2.47 bits per heavy atom. The zero-order chi connectivity index (χ0) is 23.3. The molecule has 11 heteroatoms. The molecule has 1 heterocycles. The SMILES string of the molecule is COc1ccc(CN(C(=O)COc2ccccc2[N+](=O)[O-])C2CCS(=O)(=O)C2)cc1OC. The quantitative estimate of drug-likeness (QED) is 0.408. The molecule has 2 aromatic carbocycles. The van der Waals surface area contributed by atoms with Gasteiger partial charge in [0.1, 0.15) is 0 Å². The van der Waals surface area contributed by atoms with Crippen molar-refractivity contribution in [2.24, 2.45) is 0 Å². The fourth-order valence-electron chi connectivity index (χ4n) is 3.57. The fraction of sp³-hybridized carbons (Fsp3) is 0.381. The van der Waals surface area contributed by atoms with Crippen LogP contribution in [0.3, 0.4) is 0 Å². The summed E-state index contributed by atoms with van der Waals surface area (Å²) in [5.74, 6) is 0.358. The van der Waals surface area contributed by atoms with Crippen LogP contribution in [0.1, 0.15) is 12.0 Å². The molecule has 1 fully saturated rings. The maximum Gasteiger partial charge on any atom is 0.310 e. The first-order valence-corrected chi connectivity index (χ1v) is 11.6. The Balaban J connectivity index is 1.82. The van der Waals surface area contributed by atoms with Gasteiger partial charge in [0.2, 0.25) is 0 Å². The number of nitro groups is 1. The molecular weight excluding hydrogens is 440 g/mol. The summed E-state index contributed by atoms with van der Waals surface area (Å²) in [6.07, 6.45) is 0.312. The van der Waals surface area contributed by atoms with Gasteiger partial charge in [-0.25, -0.2) is 8.42 Å². The van der Waals surface area contributed by atoms with Crippen molar-refractivity contribution in [3.8, 4) is 17.2 Å². The van der Waals surface area contributed by atoms with Crippen LogP contribution in [-0.4, -0.2) is 62.5 Å². The number of nitro benzene ring substituents is 1. The van der Waals surface area contributed by atoms with Crippen LogP contribution in [0, 0.1) is 10.1 Å². The minimum Gasteiger partial charge on any atom is -0.493 e. The number of benzene rings is 2. The summed E-state index contributed by atoms with van der Waals surface area (Å²) in [6, 6.07) is 10.4. The molecule has 32 heavy (non-hydrogen) atoms. The van der Waals surface area contributed by atoms with Crippen molar-refractivity contribution in [3.63, 3.8) is 0 Å². The van der Waals surface area contributed by atoms with Crippen LogP contribution in [0.25, 0.3) is 0 Å². The average Bonchev–Trinajstić information content (AvgIpc) is 3.14. The highest BCUT2D eigenvalue weighted by atomic mass is 32.2. The largest absolute Gasteiger partial charge is 0.493 e. The van der Waals surface area contributed by atoms with Crippen molar-refractivity contribution >= 4 is 21.4 Å². The van der Waals surface area contributed by atoms with E-state index in [-0.39, 0.29) is 29.5 Å². The number of nitrogens with zero attached hydrogens (tertiary/aromatic N) is 2. The van der Waals surface area contributed by atoms with E-state index in [1.807, 2.05) is 0 Å². The van der Waals surface area contributed by atoms with Gasteiger partial charge in [-0.2, -0.15) is 0 Å². The first kappa shape index (κ1) is 23.3. The Morgan fingerprint density at radius 1 is 1.12 bits per heavy atom. The second kappa shape index (κ2) is 9.86. The lowest BCUT2D eigenvalue weighted by Crippen LogP contribution is -2.43. The highest BCUT2D eigenvalue weighted by molar-refractivity contribution is 7.91. The molecule has 172 valence electrons. The van der Waals surface area contributed by atoms with E-state index in [9.17, 15) is 23.3 Å². The number of hydrogen-bond acceptors (Lipinski definition) is 8. The number of rotatable bonds is 9. The summed E-state index contributed by atoms with van der Waals surface area (Å²) in [7, 11) is -0.238. The highest BCUT2D eigenvalue weighted by Gasteiger charge is 2.35. The van der Waals surface area contributed by atoms with Gasteiger partial charge in [0.05, 0.1) is 30.6 Å². The molecule has 0 aromatic heterocycles. The molecule has 0 radical (unpaired) electrons. The lowest BCUT2D eigenvalue weighted by Gasteiger charge is -2.28. The smallest absolute Gasteiger partial charge is 0.310 e. The summed E-state index contributed by atoms with van der Waals surface area (Å²) in [5.41, 5.74) is 0.459. The molecule has 0 bridgehead atoms. The van der Waals surface area contributed by atoms with E-state index in [4.69, 9.17) is 14.2 Å². The Labute approximate surface area is 185 Å². The van der Waals surface area contributed by atoms with E-state index in [1.54, 1.807) is 24.3 Å². The second-order valence-electron chi connectivity index (χ2n) is 7.28. The Kier molecular flexibility index (Phi) is 7.18. The summed E-state index contributed by atoms with van der Waals surface area (Å²) in [6.45, 7) is -0.339. The van der Waals surface area contributed by atoms with Crippen LogP contribution in [0.15, 0.2) is 42.5 Å². The lowest BCUT2D eigenvalue weighted by molar-refractivity contribution is -0.385. The normalized spacial score (nSPS) is 16.9. The molecule has 10 nitrogen and oxygen atoms in total. The van der Waals surface area contributed by atoms with Gasteiger partial charge in [0, 0.05) is 18.7 Å². The van der Waals surface area contributed by atoms with E-state index < -0.39 is 33.3 Å². The van der Waals surface area contributed by atoms with Gasteiger partial charge < -0.3 is 19.1 Å². The number of amides is 1. The Morgan fingerprint density at radius 2 is 1.84 bits per heavy atom. The molecule has 1 saturated heterocycles. The van der Waals surface area contributed by atoms with Crippen molar-refractivity contribution in [2.45, 2.75) is 19.0 Å².